The zero-order valence-corrected chi connectivity index (χ0v) is 10.2. The molecule has 0 aliphatic carbocycles. The lowest BCUT2D eigenvalue weighted by atomic mass is 10.3. The number of aromatic nitrogens is 2. The first kappa shape index (κ1) is 14.5. The Labute approximate surface area is 96.3 Å². The molecule has 5 nitrogen and oxygen atoms in total. The highest BCUT2D eigenvalue weighted by molar-refractivity contribution is 5.53. The zero-order valence-electron chi connectivity index (χ0n) is 10.2. The second kappa shape index (κ2) is 8.76. The molecular weight excluding hydrogens is 208 g/mol. The third kappa shape index (κ3) is 7.84. The van der Waals surface area contributed by atoms with Crippen molar-refractivity contribution in [3.8, 4) is 0 Å². The van der Waals surface area contributed by atoms with Gasteiger partial charge in [0.2, 0.25) is 6.33 Å². The molecule has 0 amide bonds. The summed E-state index contributed by atoms with van der Waals surface area (Å²) >= 11 is 0. The molecule has 0 saturated carbocycles. The lowest BCUT2D eigenvalue weighted by molar-refractivity contribution is -0.671. The topological polar surface area (TPSA) is 58.2 Å². The summed E-state index contributed by atoms with van der Waals surface area (Å²) in [6.07, 6.45) is 7.36. The van der Waals surface area contributed by atoms with E-state index in [1.165, 1.54) is 12.8 Å². The van der Waals surface area contributed by atoms with Gasteiger partial charge in [-0.05, 0) is 13.3 Å². The predicted molar refractivity (Wildman–Crippen MR) is 57.5 cm³/mol. The first-order valence-electron chi connectivity index (χ1n) is 5.44. The maximum absolute atomic E-state index is 9.27. The molecule has 0 fully saturated rings. The molecule has 1 aromatic rings. The molecule has 0 atom stereocenters. The van der Waals surface area contributed by atoms with Crippen LogP contribution in [0.1, 0.15) is 26.7 Å². The van der Waals surface area contributed by atoms with Crippen LogP contribution in [0.5, 0.6) is 0 Å². The van der Waals surface area contributed by atoms with Crippen LogP contribution in [0.2, 0.25) is 0 Å². The van der Waals surface area contributed by atoms with Crippen molar-refractivity contribution in [2.24, 2.45) is 7.05 Å². The smallest absolute Gasteiger partial charge is 0.251 e. The number of carbonyl (C=O) groups excluding carboxylic acids is 1. The molecule has 0 bridgehead atoms. The normalized spacial score (nSPS) is 9.19. The van der Waals surface area contributed by atoms with Gasteiger partial charge in [-0.15, -0.1) is 0 Å². The third-order valence-electron chi connectivity index (χ3n) is 1.86. The SMILES string of the molecule is CCCCn1cc[n+](C)c1.CCOC(=O)[O-]. The number of hydrogen-bond acceptors (Lipinski definition) is 3. The number of imidazole rings is 1. The van der Waals surface area contributed by atoms with Crippen LogP contribution in [-0.2, 0) is 18.3 Å². The van der Waals surface area contributed by atoms with Gasteiger partial charge in [0.15, 0.2) is 0 Å². The van der Waals surface area contributed by atoms with Gasteiger partial charge in [0, 0.05) is 6.61 Å². The monoisotopic (exact) mass is 228 g/mol. The van der Waals surface area contributed by atoms with Crippen LogP contribution in [0.25, 0.3) is 0 Å². The minimum Gasteiger partial charge on any atom is -0.550 e. The molecule has 0 unspecified atom stereocenters. The van der Waals surface area contributed by atoms with Gasteiger partial charge in [-0.2, -0.15) is 0 Å². The van der Waals surface area contributed by atoms with E-state index in [1.54, 1.807) is 6.92 Å². The summed E-state index contributed by atoms with van der Waals surface area (Å²) in [5, 5.41) is 9.27. The second-order valence-electron chi connectivity index (χ2n) is 3.35. The summed E-state index contributed by atoms with van der Waals surface area (Å²) in [6.45, 7) is 5.11. The maximum atomic E-state index is 9.27. The number of aryl methyl sites for hydroxylation is 2. The maximum Gasteiger partial charge on any atom is 0.251 e. The number of carboxylic acid groups (broad SMARTS) is 1. The molecule has 0 radical (unpaired) electrons. The summed E-state index contributed by atoms with van der Waals surface area (Å²) in [6, 6.07) is 0. The minimum absolute atomic E-state index is 0.169. The fraction of sp³-hybridized carbons (Fsp3) is 0.636. The highest BCUT2D eigenvalue weighted by atomic mass is 16.7. The van der Waals surface area contributed by atoms with Crippen molar-refractivity contribution in [3.63, 3.8) is 0 Å². The Morgan fingerprint density at radius 3 is 2.50 bits per heavy atom. The van der Waals surface area contributed by atoms with Gasteiger partial charge in [-0.25, -0.2) is 9.13 Å². The molecule has 0 N–H and O–H groups in total. The number of hydrogen-bond donors (Lipinski definition) is 0. The van der Waals surface area contributed by atoms with E-state index in [1.807, 2.05) is 7.05 Å². The molecule has 1 heterocycles. The largest absolute Gasteiger partial charge is 0.550 e. The Balaban J connectivity index is 0.000000325. The fourth-order valence-electron chi connectivity index (χ4n) is 1.09. The number of unbranched alkanes of at least 4 members (excludes halogenated alkanes) is 1. The summed E-state index contributed by atoms with van der Waals surface area (Å²) in [5.74, 6) is 0. The third-order valence-corrected chi connectivity index (χ3v) is 1.86. The van der Waals surface area contributed by atoms with Crippen molar-refractivity contribution in [3.05, 3.63) is 18.7 Å². The van der Waals surface area contributed by atoms with Crippen LogP contribution in [-0.4, -0.2) is 17.3 Å². The highest BCUT2D eigenvalue weighted by Crippen LogP contribution is 1.91. The van der Waals surface area contributed by atoms with Crippen LogP contribution in [0.4, 0.5) is 4.79 Å². The molecule has 0 spiro atoms. The summed E-state index contributed by atoms with van der Waals surface area (Å²) < 4.78 is 8.12. The molecule has 1 aromatic heterocycles. The van der Waals surface area contributed by atoms with Crippen LogP contribution in [0.15, 0.2) is 18.7 Å². The van der Waals surface area contributed by atoms with Crippen LogP contribution < -0.4 is 9.67 Å². The quantitative estimate of drug-likeness (QED) is 0.556. The van der Waals surface area contributed by atoms with Crippen LogP contribution in [0.3, 0.4) is 0 Å². The van der Waals surface area contributed by atoms with Crippen molar-refractivity contribution in [1.82, 2.24) is 4.57 Å². The van der Waals surface area contributed by atoms with Gasteiger partial charge in [-0.1, -0.05) is 13.3 Å². The van der Waals surface area contributed by atoms with Gasteiger partial charge in [0.1, 0.15) is 12.4 Å². The first-order valence-corrected chi connectivity index (χ1v) is 5.44. The zero-order chi connectivity index (χ0) is 12.4. The van der Waals surface area contributed by atoms with Crippen molar-refractivity contribution in [1.29, 1.82) is 0 Å². The number of ether oxygens (including phenoxy) is 1. The van der Waals surface area contributed by atoms with Gasteiger partial charge >= 0.3 is 0 Å². The van der Waals surface area contributed by atoms with E-state index < -0.39 is 6.16 Å². The average Bonchev–Trinajstić information content (AvgIpc) is 2.62. The molecule has 16 heavy (non-hydrogen) atoms. The molecule has 92 valence electrons. The Hall–Kier alpha value is -1.52. The van der Waals surface area contributed by atoms with Crippen molar-refractivity contribution < 1.29 is 19.2 Å². The molecule has 0 aliphatic heterocycles. The van der Waals surface area contributed by atoms with Crippen LogP contribution >= 0.6 is 0 Å². The van der Waals surface area contributed by atoms with Gasteiger partial charge < -0.3 is 14.6 Å². The first-order chi connectivity index (χ1) is 7.60. The number of nitrogens with zero attached hydrogens (tertiary/aromatic N) is 2. The fourth-order valence-corrected chi connectivity index (χ4v) is 1.09. The van der Waals surface area contributed by atoms with E-state index in [4.69, 9.17) is 0 Å². The molecule has 0 aromatic carbocycles. The summed E-state index contributed by atoms with van der Waals surface area (Å²) in [4.78, 5) is 9.27. The van der Waals surface area contributed by atoms with Gasteiger partial charge in [-0.3, -0.25) is 0 Å². The number of carbonyl (C=O) groups is 1. The minimum atomic E-state index is -1.46. The lowest BCUT2D eigenvalue weighted by Crippen LogP contribution is -2.23. The molecule has 1 rings (SSSR count). The Kier molecular flexibility index (Phi) is 7.93. The van der Waals surface area contributed by atoms with E-state index in [2.05, 4.69) is 39.5 Å². The molecule has 0 aliphatic rings. The van der Waals surface area contributed by atoms with E-state index >= 15 is 0 Å². The Morgan fingerprint density at radius 1 is 1.50 bits per heavy atom. The van der Waals surface area contributed by atoms with Crippen LogP contribution in [0, 0.1) is 0 Å². The summed E-state index contributed by atoms with van der Waals surface area (Å²) in [5.41, 5.74) is 0. The molecule has 5 heteroatoms. The highest BCUT2D eigenvalue weighted by Gasteiger charge is 1.96. The number of rotatable bonds is 4. The van der Waals surface area contributed by atoms with Crippen molar-refractivity contribution >= 4 is 6.16 Å². The standard InChI is InChI=1S/C8H15N2.C3H6O3/c1-3-4-5-10-7-6-9(2)8-10;1-2-6-3(4)5/h6-8H,3-5H2,1-2H3;2H2,1H3,(H,4,5)/q+1;/p-1. The van der Waals surface area contributed by atoms with Gasteiger partial charge in [0.05, 0.1) is 13.6 Å². The van der Waals surface area contributed by atoms with E-state index in [9.17, 15) is 9.90 Å². The predicted octanol–water partition coefficient (Wildman–Crippen LogP) is 0.479. The van der Waals surface area contributed by atoms with Crippen molar-refractivity contribution in [2.75, 3.05) is 6.61 Å². The lowest BCUT2D eigenvalue weighted by Gasteiger charge is -1.99. The van der Waals surface area contributed by atoms with E-state index in [-0.39, 0.29) is 6.61 Å². The second-order valence-corrected chi connectivity index (χ2v) is 3.35. The average molecular weight is 228 g/mol. The summed E-state index contributed by atoms with van der Waals surface area (Å²) in [7, 11) is 2.04. The molecule has 0 saturated heterocycles. The Morgan fingerprint density at radius 2 is 2.19 bits per heavy atom. The van der Waals surface area contributed by atoms with Gasteiger partial charge in [0.25, 0.3) is 6.16 Å². The van der Waals surface area contributed by atoms with Crippen molar-refractivity contribution in [2.45, 2.75) is 33.2 Å². The van der Waals surface area contributed by atoms with E-state index in [0.29, 0.717) is 0 Å². The van der Waals surface area contributed by atoms with E-state index in [0.717, 1.165) is 6.54 Å². The molecular formula is C11H20N2O3. The Bertz CT molecular complexity index is 297.